The number of nitrogens with zero attached hydrogens (tertiary/aromatic N) is 1. The Morgan fingerprint density at radius 1 is 1.08 bits per heavy atom. The zero-order chi connectivity index (χ0) is 17.4. The van der Waals surface area contributed by atoms with Crippen molar-refractivity contribution in [3.05, 3.63) is 93.7 Å². The molecule has 4 heteroatoms. The molecule has 0 saturated heterocycles. The predicted molar refractivity (Wildman–Crippen MR) is 103 cm³/mol. The standard InChI is InChI=1S/C21H17BrN2O/c1-14-5-7-15(8-6-14)21(13-17-4-2-3-11-23-17)18-12-16(22)9-10-19(18)24-20(21)25/h2-12H,13H2,1H3,(H,24,25). The molecule has 1 unspecified atom stereocenters. The first-order chi connectivity index (χ1) is 12.1. The van der Waals surface area contributed by atoms with Gasteiger partial charge < -0.3 is 5.32 Å². The number of pyridine rings is 1. The number of amides is 1. The van der Waals surface area contributed by atoms with E-state index in [-0.39, 0.29) is 5.91 Å². The van der Waals surface area contributed by atoms with Crippen molar-refractivity contribution in [1.29, 1.82) is 0 Å². The third-order valence-corrected chi connectivity index (χ3v) is 5.29. The average Bonchev–Trinajstić information content (AvgIpc) is 2.89. The molecule has 25 heavy (non-hydrogen) atoms. The molecule has 1 aromatic heterocycles. The van der Waals surface area contributed by atoms with Crippen LogP contribution in [0.4, 0.5) is 5.69 Å². The molecule has 0 bridgehead atoms. The minimum atomic E-state index is -0.777. The first kappa shape index (κ1) is 16.0. The molecule has 2 heterocycles. The molecule has 0 radical (unpaired) electrons. The summed E-state index contributed by atoms with van der Waals surface area (Å²) >= 11 is 3.55. The molecule has 3 aromatic rings. The third kappa shape index (κ3) is 2.67. The second-order valence-corrected chi connectivity index (χ2v) is 7.33. The van der Waals surface area contributed by atoms with Crippen LogP contribution >= 0.6 is 15.9 Å². The van der Waals surface area contributed by atoms with Crippen LogP contribution in [0.1, 0.15) is 22.4 Å². The Hall–Kier alpha value is -2.46. The van der Waals surface area contributed by atoms with Gasteiger partial charge in [0.1, 0.15) is 5.41 Å². The molecule has 2 aromatic carbocycles. The van der Waals surface area contributed by atoms with Gasteiger partial charge in [-0.25, -0.2) is 0 Å². The van der Waals surface area contributed by atoms with Gasteiger partial charge in [-0.1, -0.05) is 51.8 Å². The summed E-state index contributed by atoms with van der Waals surface area (Å²) < 4.78 is 0.959. The number of hydrogen-bond donors (Lipinski definition) is 1. The Labute approximate surface area is 155 Å². The van der Waals surface area contributed by atoms with Crippen molar-refractivity contribution >= 4 is 27.5 Å². The lowest BCUT2D eigenvalue weighted by Crippen LogP contribution is -2.38. The van der Waals surface area contributed by atoms with Gasteiger partial charge in [-0.2, -0.15) is 0 Å². The van der Waals surface area contributed by atoms with E-state index in [2.05, 4.69) is 45.3 Å². The molecule has 3 nitrogen and oxygen atoms in total. The number of rotatable bonds is 3. The van der Waals surface area contributed by atoms with Crippen LogP contribution < -0.4 is 5.32 Å². The van der Waals surface area contributed by atoms with E-state index in [1.807, 2.05) is 48.5 Å². The SMILES string of the molecule is Cc1ccc(C2(Cc3ccccn3)C(=O)Nc3ccc(Br)cc32)cc1. The maximum Gasteiger partial charge on any atom is 0.239 e. The molecule has 124 valence electrons. The molecule has 1 atom stereocenters. The van der Waals surface area contributed by atoms with Crippen molar-refractivity contribution in [3.63, 3.8) is 0 Å². The fourth-order valence-electron chi connectivity index (χ4n) is 3.51. The first-order valence-electron chi connectivity index (χ1n) is 8.18. The Balaban J connectivity index is 1.95. The summed E-state index contributed by atoms with van der Waals surface area (Å²) in [4.78, 5) is 17.7. The number of anilines is 1. The maximum absolute atomic E-state index is 13.2. The average molecular weight is 393 g/mol. The van der Waals surface area contributed by atoms with E-state index in [1.165, 1.54) is 5.56 Å². The summed E-state index contributed by atoms with van der Waals surface area (Å²) in [5.41, 5.74) is 4.13. The molecule has 1 N–H and O–H groups in total. The van der Waals surface area contributed by atoms with Gasteiger partial charge in [-0.15, -0.1) is 0 Å². The van der Waals surface area contributed by atoms with E-state index in [9.17, 15) is 4.79 Å². The van der Waals surface area contributed by atoms with Crippen LogP contribution in [0, 0.1) is 6.92 Å². The number of aromatic nitrogens is 1. The number of carbonyl (C=O) groups excluding carboxylic acids is 1. The van der Waals surface area contributed by atoms with Gasteiger partial charge in [0, 0.05) is 28.5 Å². The number of carbonyl (C=O) groups is 1. The monoisotopic (exact) mass is 392 g/mol. The van der Waals surface area contributed by atoms with Crippen LogP contribution in [0.2, 0.25) is 0 Å². The van der Waals surface area contributed by atoms with Crippen LogP contribution in [-0.4, -0.2) is 10.9 Å². The van der Waals surface area contributed by atoms with Crippen LogP contribution in [0.3, 0.4) is 0 Å². The number of fused-ring (bicyclic) bond motifs is 1. The molecule has 4 rings (SSSR count). The summed E-state index contributed by atoms with van der Waals surface area (Å²) in [5.74, 6) is -0.00453. The quantitative estimate of drug-likeness (QED) is 0.705. The minimum Gasteiger partial charge on any atom is -0.325 e. The molecule has 0 fully saturated rings. The van der Waals surface area contributed by atoms with E-state index in [0.29, 0.717) is 6.42 Å². The fourth-order valence-corrected chi connectivity index (χ4v) is 3.87. The molecule has 1 aliphatic rings. The van der Waals surface area contributed by atoms with Crippen LogP contribution in [0.25, 0.3) is 0 Å². The molecular weight excluding hydrogens is 376 g/mol. The van der Waals surface area contributed by atoms with Gasteiger partial charge in [0.15, 0.2) is 0 Å². The van der Waals surface area contributed by atoms with Crippen LogP contribution in [0.5, 0.6) is 0 Å². The lowest BCUT2D eigenvalue weighted by molar-refractivity contribution is -0.119. The first-order valence-corrected chi connectivity index (χ1v) is 8.97. The molecule has 0 spiro atoms. The highest BCUT2D eigenvalue weighted by molar-refractivity contribution is 9.10. The fraction of sp³-hybridized carbons (Fsp3) is 0.143. The number of halogens is 1. The largest absolute Gasteiger partial charge is 0.325 e. The van der Waals surface area contributed by atoms with Crippen LogP contribution in [-0.2, 0) is 16.6 Å². The van der Waals surface area contributed by atoms with Gasteiger partial charge in [-0.3, -0.25) is 9.78 Å². The Kier molecular flexibility index (Phi) is 3.92. The van der Waals surface area contributed by atoms with Gasteiger partial charge >= 0.3 is 0 Å². The van der Waals surface area contributed by atoms with Gasteiger partial charge in [0.25, 0.3) is 0 Å². The highest BCUT2D eigenvalue weighted by Gasteiger charge is 2.48. The van der Waals surface area contributed by atoms with Crippen LogP contribution in [0.15, 0.2) is 71.3 Å². The van der Waals surface area contributed by atoms with E-state index in [0.717, 1.165) is 27.0 Å². The van der Waals surface area contributed by atoms with E-state index in [4.69, 9.17) is 0 Å². The topological polar surface area (TPSA) is 42.0 Å². The van der Waals surface area contributed by atoms with E-state index < -0.39 is 5.41 Å². The smallest absolute Gasteiger partial charge is 0.239 e. The molecule has 0 saturated carbocycles. The highest BCUT2D eigenvalue weighted by Crippen LogP contribution is 2.46. The number of nitrogens with one attached hydrogen (secondary N) is 1. The third-order valence-electron chi connectivity index (χ3n) is 4.79. The Morgan fingerprint density at radius 2 is 1.88 bits per heavy atom. The highest BCUT2D eigenvalue weighted by atomic mass is 79.9. The van der Waals surface area contributed by atoms with Crippen molar-refractivity contribution in [2.24, 2.45) is 0 Å². The van der Waals surface area contributed by atoms with Gasteiger partial charge in [0.2, 0.25) is 5.91 Å². The Morgan fingerprint density at radius 3 is 2.60 bits per heavy atom. The summed E-state index contributed by atoms with van der Waals surface area (Å²) in [7, 11) is 0. The summed E-state index contributed by atoms with van der Waals surface area (Å²) in [6, 6.07) is 20.0. The molecule has 1 aliphatic heterocycles. The molecular formula is C21H17BrN2O. The predicted octanol–water partition coefficient (Wildman–Crippen LogP) is 4.63. The van der Waals surface area contributed by atoms with Crippen molar-refractivity contribution in [2.45, 2.75) is 18.8 Å². The lowest BCUT2D eigenvalue weighted by Gasteiger charge is -2.28. The van der Waals surface area contributed by atoms with Crippen molar-refractivity contribution in [1.82, 2.24) is 4.98 Å². The lowest BCUT2D eigenvalue weighted by atomic mass is 9.72. The van der Waals surface area contributed by atoms with Crippen molar-refractivity contribution in [2.75, 3.05) is 5.32 Å². The second-order valence-electron chi connectivity index (χ2n) is 6.41. The molecule has 0 aliphatic carbocycles. The number of benzene rings is 2. The van der Waals surface area contributed by atoms with Crippen molar-refractivity contribution < 1.29 is 4.79 Å². The summed E-state index contributed by atoms with van der Waals surface area (Å²) in [5, 5.41) is 3.06. The summed E-state index contributed by atoms with van der Waals surface area (Å²) in [6.45, 7) is 2.05. The normalized spacial score (nSPS) is 18.7. The minimum absolute atomic E-state index is 0.00453. The number of aryl methyl sites for hydroxylation is 1. The van der Waals surface area contributed by atoms with Crippen molar-refractivity contribution in [3.8, 4) is 0 Å². The zero-order valence-corrected chi connectivity index (χ0v) is 15.4. The zero-order valence-electron chi connectivity index (χ0n) is 13.8. The van der Waals surface area contributed by atoms with Gasteiger partial charge in [-0.05, 0) is 48.4 Å². The van der Waals surface area contributed by atoms with E-state index in [1.54, 1.807) is 6.20 Å². The Bertz CT molecular complexity index is 938. The maximum atomic E-state index is 13.2. The van der Waals surface area contributed by atoms with Gasteiger partial charge in [0.05, 0.1) is 0 Å². The number of hydrogen-bond acceptors (Lipinski definition) is 2. The summed E-state index contributed by atoms with van der Waals surface area (Å²) in [6.07, 6.45) is 2.29. The van der Waals surface area contributed by atoms with E-state index >= 15 is 0 Å². The second kappa shape index (κ2) is 6.12. The molecule has 1 amide bonds.